The van der Waals surface area contributed by atoms with Gasteiger partial charge in [0.25, 0.3) is 15.9 Å². The highest BCUT2D eigenvalue weighted by Gasteiger charge is 2.37. The van der Waals surface area contributed by atoms with Gasteiger partial charge in [-0.25, -0.2) is 13.4 Å². The van der Waals surface area contributed by atoms with Crippen LogP contribution < -0.4 is 5.32 Å². The number of hydrogen-bond acceptors (Lipinski definition) is 5. The molecule has 3 rings (SSSR count). The van der Waals surface area contributed by atoms with Gasteiger partial charge in [0.05, 0.1) is 4.90 Å². The molecule has 0 aliphatic carbocycles. The number of benzene rings is 1. The van der Waals surface area contributed by atoms with Gasteiger partial charge in [-0.1, -0.05) is 24.3 Å². The molecule has 2 heterocycles. The lowest BCUT2D eigenvalue weighted by Gasteiger charge is -2.30. The number of anilines is 1. The van der Waals surface area contributed by atoms with Crippen LogP contribution in [0.15, 0.2) is 59.3 Å². The normalized spacial score (nSPS) is 15.7. The Labute approximate surface area is 145 Å². The molecule has 0 bridgehead atoms. The molecule has 1 amide bonds. The number of likely N-dealkylation sites (N-methyl/N-ethyl adjacent to an activating group) is 1. The summed E-state index contributed by atoms with van der Waals surface area (Å²) in [4.78, 5) is 16.9. The number of hydrogen-bond donors (Lipinski definition) is 2. The summed E-state index contributed by atoms with van der Waals surface area (Å²) in [7, 11) is -2.52. The summed E-state index contributed by atoms with van der Waals surface area (Å²) in [5.41, 5.74) is 0.892. The summed E-state index contributed by atoms with van der Waals surface area (Å²) in [5.74, 6) is -0.282. The maximum atomic E-state index is 12.8. The third kappa shape index (κ3) is 3.01. The lowest BCUT2D eigenvalue weighted by molar-refractivity contribution is -0.113. The van der Waals surface area contributed by atoms with Crippen molar-refractivity contribution in [2.24, 2.45) is 0 Å². The van der Waals surface area contributed by atoms with E-state index in [0.29, 0.717) is 17.0 Å². The molecule has 8 heteroatoms. The Morgan fingerprint density at radius 2 is 1.92 bits per heavy atom. The third-order valence-corrected chi connectivity index (χ3v) is 5.75. The molecule has 7 nitrogen and oxygen atoms in total. The molecule has 0 saturated carbocycles. The molecule has 2 N–H and O–H groups in total. The zero-order valence-corrected chi connectivity index (χ0v) is 14.3. The van der Waals surface area contributed by atoms with E-state index < -0.39 is 15.9 Å². The van der Waals surface area contributed by atoms with Crippen molar-refractivity contribution in [3.05, 3.63) is 59.9 Å². The highest BCUT2D eigenvalue weighted by atomic mass is 32.2. The van der Waals surface area contributed by atoms with Crippen LogP contribution in [0.1, 0.15) is 12.0 Å². The molecular weight excluding hydrogens is 342 g/mol. The number of sulfonamides is 1. The molecular formula is C17H17N3O4S. The fourth-order valence-corrected chi connectivity index (χ4v) is 4.23. The van der Waals surface area contributed by atoms with Crippen molar-refractivity contribution in [1.82, 2.24) is 9.29 Å². The maximum absolute atomic E-state index is 12.8. The van der Waals surface area contributed by atoms with Crippen molar-refractivity contribution in [3.63, 3.8) is 0 Å². The Hall–Kier alpha value is -2.71. The Morgan fingerprint density at radius 1 is 1.20 bits per heavy atom. The fraction of sp³-hybridized carbons (Fsp3) is 0.176. The highest BCUT2D eigenvalue weighted by Crippen LogP contribution is 2.37. The molecule has 0 atom stereocenters. The molecule has 0 saturated heterocycles. The Morgan fingerprint density at radius 3 is 2.60 bits per heavy atom. The van der Waals surface area contributed by atoms with E-state index >= 15 is 0 Å². The van der Waals surface area contributed by atoms with E-state index in [2.05, 4.69) is 10.3 Å². The summed E-state index contributed by atoms with van der Waals surface area (Å²) >= 11 is 0. The molecule has 1 aromatic carbocycles. The molecule has 130 valence electrons. The number of carbonyl (C=O) groups is 1. The molecule has 0 radical (unpaired) electrons. The summed E-state index contributed by atoms with van der Waals surface area (Å²) in [5, 5.41) is 12.0. The first kappa shape index (κ1) is 17.1. The topological polar surface area (TPSA) is 99.6 Å². The predicted octanol–water partition coefficient (Wildman–Crippen LogP) is 1.45. The van der Waals surface area contributed by atoms with E-state index in [4.69, 9.17) is 0 Å². The first-order valence-electron chi connectivity index (χ1n) is 7.61. The van der Waals surface area contributed by atoms with Crippen LogP contribution in [-0.2, 0) is 14.8 Å². The maximum Gasteiger partial charge on any atom is 0.274 e. The quantitative estimate of drug-likeness (QED) is 0.861. The molecule has 1 aromatic heterocycles. The number of nitrogens with one attached hydrogen (secondary N) is 1. The van der Waals surface area contributed by atoms with Crippen LogP contribution in [-0.4, -0.2) is 42.4 Å². The van der Waals surface area contributed by atoms with Gasteiger partial charge in [-0.15, -0.1) is 0 Å². The van der Waals surface area contributed by atoms with E-state index in [-0.39, 0.29) is 23.6 Å². The second-order valence-electron chi connectivity index (χ2n) is 5.44. The van der Waals surface area contributed by atoms with E-state index in [1.807, 2.05) is 0 Å². The minimum Gasteiger partial charge on any atom is -0.396 e. The number of aliphatic hydroxyl groups excluding tert-OH is 1. The van der Waals surface area contributed by atoms with Gasteiger partial charge in [-0.2, -0.15) is 0 Å². The summed E-state index contributed by atoms with van der Waals surface area (Å²) in [6, 6.07) is 11.5. The van der Waals surface area contributed by atoms with Crippen molar-refractivity contribution in [2.45, 2.75) is 11.3 Å². The fourth-order valence-electron chi connectivity index (χ4n) is 2.78. The molecule has 25 heavy (non-hydrogen) atoms. The van der Waals surface area contributed by atoms with E-state index in [1.54, 1.807) is 36.4 Å². The number of pyridine rings is 1. The first-order chi connectivity index (χ1) is 12.0. The van der Waals surface area contributed by atoms with Crippen molar-refractivity contribution in [1.29, 1.82) is 0 Å². The number of nitrogens with zero attached hydrogens (tertiary/aromatic N) is 2. The average molecular weight is 359 g/mol. The van der Waals surface area contributed by atoms with Gasteiger partial charge in [-0.3, -0.25) is 9.10 Å². The van der Waals surface area contributed by atoms with Gasteiger partial charge in [0, 0.05) is 25.4 Å². The third-order valence-electron chi connectivity index (χ3n) is 3.93. The standard InChI is InChI=1S/C17H17N3O4S/c1-20-16(17(22)19-15-8-4-5-10-18-15)13(9-11-21)12-6-2-3-7-14(12)25(20,23)24/h2-8,10,21H,9,11H2,1H3,(H,18,19,22). The molecule has 0 unspecified atom stereocenters. The average Bonchev–Trinajstić information content (AvgIpc) is 2.61. The van der Waals surface area contributed by atoms with Crippen LogP contribution in [0, 0.1) is 0 Å². The summed E-state index contributed by atoms with van der Waals surface area (Å²) in [6.07, 6.45) is 1.68. The highest BCUT2D eigenvalue weighted by molar-refractivity contribution is 7.89. The Bertz CT molecular complexity index is 939. The van der Waals surface area contributed by atoms with Gasteiger partial charge in [-0.05, 0) is 30.2 Å². The van der Waals surface area contributed by atoms with Crippen LogP contribution in [0.4, 0.5) is 5.82 Å². The smallest absolute Gasteiger partial charge is 0.274 e. The minimum absolute atomic E-state index is 0.0154. The molecule has 2 aromatic rings. The zero-order valence-electron chi connectivity index (χ0n) is 13.5. The van der Waals surface area contributed by atoms with Gasteiger partial charge in [0.2, 0.25) is 0 Å². The number of aromatic nitrogens is 1. The van der Waals surface area contributed by atoms with Crippen LogP contribution in [0.2, 0.25) is 0 Å². The van der Waals surface area contributed by atoms with Crippen LogP contribution in [0.5, 0.6) is 0 Å². The number of fused-ring (bicyclic) bond motifs is 1. The lowest BCUT2D eigenvalue weighted by atomic mass is 9.99. The summed E-state index contributed by atoms with van der Waals surface area (Å²) in [6.45, 7) is -0.210. The first-order valence-corrected chi connectivity index (χ1v) is 9.05. The van der Waals surface area contributed by atoms with E-state index in [0.717, 1.165) is 4.31 Å². The van der Waals surface area contributed by atoms with Crippen LogP contribution >= 0.6 is 0 Å². The molecule has 1 aliphatic heterocycles. The SMILES string of the molecule is CN1C(C(=O)Nc2ccccn2)=C(CCO)c2ccccc2S1(=O)=O. The van der Waals surface area contributed by atoms with Crippen molar-refractivity contribution in [3.8, 4) is 0 Å². The largest absolute Gasteiger partial charge is 0.396 e. The number of rotatable bonds is 4. The molecule has 1 aliphatic rings. The number of amides is 1. The molecule has 0 spiro atoms. The van der Waals surface area contributed by atoms with Crippen LogP contribution in [0.3, 0.4) is 0 Å². The summed E-state index contributed by atoms with van der Waals surface area (Å²) < 4.78 is 26.5. The van der Waals surface area contributed by atoms with E-state index in [9.17, 15) is 18.3 Å². The van der Waals surface area contributed by atoms with Crippen molar-refractivity contribution in [2.75, 3.05) is 19.0 Å². The number of carbonyl (C=O) groups excluding carboxylic acids is 1. The Balaban J connectivity index is 2.15. The second-order valence-corrected chi connectivity index (χ2v) is 7.38. The van der Waals surface area contributed by atoms with Gasteiger partial charge in [0.1, 0.15) is 11.5 Å². The monoisotopic (exact) mass is 359 g/mol. The predicted molar refractivity (Wildman–Crippen MR) is 92.9 cm³/mol. The van der Waals surface area contributed by atoms with Crippen molar-refractivity contribution < 1.29 is 18.3 Å². The molecule has 0 fully saturated rings. The van der Waals surface area contributed by atoms with Crippen LogP contribution in [0.25, 0.3) is 5.57 Å². The second kappa shape index (κ2) is 6.66. The van der Waals surface area contributed by atoms with Gasteiger partial charge < -0.3 is 10.4 Å². The Kier molecular flexibility index (Phi) is 4.56. The van der Waals surface area contributed by atoms with Crippen molar-refractivity contribution >= 4 is 27.3 Å². The van der Waals surface area contributed by atoms with Gasteiger partial charge >= 0.3 is 0 Å². The number of aliphatic hydroxyl groups is 1. The zero-order chi connectivity index (χ0) is 18.0. The minimum atomic E-state index is -3.85. The van der Waals surface area contributed by atoms with E-state index in [1.165, 1.54) is 19.3 Å². The lowest BCUT2D eigenvalue weighted by Crippen LogP contribution is -2.37. The van der Waals surface area contributed by atoms with Gasteiger partial charge in [0.15, 0.2) is 0 Å².